The Morgan fingerprint density at radius 2 is 1.58 bits per heavy atom. The molecule has 134 valence electrons. The zero-order valence-corrected chi connectivity index (χ0v) is 16.4. The molecule has 0 radical (unpaired) electrons. The van der Waals surface area contributed by atoms with Gasteiger partial charge in [-0.05, 0) is 69.4 Å². The summed E-state index contributed by atoms with van der Waals surface area (Å²) < 4.78 is 25.4. The summed E-state index contributed by atoms with van der Waals surface area (Å²) >= 11 is 3.19. The van der Waals surface area contributed by atoms with Gasteiger partial charge >= 0.3 is 0 Å². The van der Waals surface area contributed by atoms with Crippen LogP contribution in [0.4, 0.5) is 4.39 Å². The highest BCUT2D eigenvalue weighted by Gasteiger charge is 2.15. The summed E-state index contributed by atoms with van der Waals surface area (Å²) in [5.74, 6) is 1.82. The maximum Gasteiger partial charge on any atom is 0.219 e. The minimum absolute atomic E-state index is 0.0249. The fourth-order valence-corrected chi connectivity index (χ4v) is 2.66. The van der Waals surface area contributed by atoms with E-state index in [2.05, 4.69) is 41.7 Å². The van der Waals surface area contributed by atoms with Crippen LogP contribution in [0.1, 0.15) is 26.3 Å². The predicted octanol–water partition coefficient (Wildman–Crippen LogP) is 6.87. The Morgan fingerprint density at radius 1 is 0.923 bits per heavy atom. The van der Waals surface area contributed by atoms with Gasteiger partial charge in [0.15, 0.2) is 0 Å². The van der Waals surface area contributed by atoms with Gasteiger partial charge in [0, 0.05) is 12.3 Å². The van der Waals surface area contributed by atoms with Gasteiger partial charge in [0.05, 0.1) is 4.47 Å². The Morgan fingerprint density at radius 3 is 2.23 bits per heavy atom. The van der Waals surface area contributed by atoms with Crippen molar-refractivity contribution in [1.82, 2.24) is 4.98 Å². The Labute approximate surface area is 160 Å². The normalized spacial score (nSPS) is 11.3. The van der Waals surface area contributed by atoms with Gasteiger partial charge in [-0.1, -0.05) is 26.8 Å². The van der Waals surface area contributed by atoms with Crippen molar-refractivity contribution in [3.8, 4) is 23.1 Å². The van der Waals surface area contributed by atoms with E-state index < -0.39 is 0 Å². The van der Waals surface area contributed by atoms with Crippen molar-refractivity contribution in [1.29, 1.82) is 0 Å². The third-order valence-corrected chi connectivity index (χ3v) is 4.56. The number of hydrogen-bond acceptors (Lipinski definition) is 3. The molecule has 5 heteroatoms. The monoisotopic (exact) mass is 415 g/mol. The molecule has 1 heterocycles. The molecule has 3 aromatic rings. The molecular formula is C21H19BrFNO2. The Bertz CT molecular complexity index is 905. The molecule has 0 unspecified atom stereocenters. The van der Waals surface area contributed by atoms with Crippen LogP contribution < -0.4 is 9.47 Å². The lowest BCUT2D eigenvalue weighted by Gasteiger charge is -2.19. The largest absolute Gasteiger partial charge is 0.456 e. The minimum Gasteiger partial charge on any atom is -0.456 e. The van der Waals surface area contributed by atoms with Crippen LogP contribution in [0.2, 0.25) is 0 Å². The smallest absolute Gasteiger partial charge is 0.219 e. The fourth-order valence-electron chi connectivity index (χ4n) is 2.32. The molecule has 26 heavy (non-hydrogen) atoms. The highest BCUT2D eigenvalue weighted by atomic mass is 79.9. The van der Waals surface area contributed by atoms with Crippen LogP contribution >= 0.6 is 15.9 Å². The lowest BCUT2D eigenvalue weighted by atomic mass is 9.88. The maximum absolute atomic E-state index is 13.6. The van der Waals surface area contributed by atoms with Crippen LogP contribution in [0.3, 0.4) is 0 Å². The van der Waals surface area contributed by atoms with Crippen LogP contribution in [0, 0.1) is 5.82 Å². The van der Waals surface area contributed by atoms with E-state index in [-0.39, 0.29) is 11.2 Å². The van der Waals surface area contributed by atoms with Crippen molar-refractivity contribution in [2.45, 2.75) is 26.2 Å². The van der Waals surface area contributed by atoms with Crippen LogP contribution in [-0.2, 0) is 5.41 Å². The number of ether oxygens (including phenoxy) is 2. The predicted molar refractivity (Wildman–Crippen MR) is 104 cm³/mol. The highest BCUT2D eigenvalue weighted by molar-refractivity contribution is 9.10. The highest BCUT2D eigenvalue weighted by Crippen LogP contribution is 2.33. The summed E-state index contributed by atoms with van der Waals surface area (Å²) in [7, 11) is 0. The molecule has 0 atom stereocenters. The molecule has 0 fully saturated rings. The third-order valence-electron chi connectivity index (χ3n) is 3.79. The number of hydrogen-bond donors (Lipinski definition) is 0. The Balaban J connectivity index is 1.73. The minimum atomic E-state index is -0.368. The van der Waals surface area contributed by atoms with Gasteiger partial charge in [0.1, 0.15) is 23.1 Å². The molecule has 0 N–H and O–H groups in total. The van der Waals surface area contributed by atoms with Gasteiger partial charge in [-0.3, -0.25) is 0 Å². The van der Waals surface area contributed by atoms with E-state index in [1.165, 1.54) is 6.07 Å². The van der Waals surface area contributed by atoms with Crippen molar-refractivity contribution >= 4 is 15.9 Å². The number of rotatable bonds is 4. The van der Waals surface area contributed by atoms with Crippen molar-refractivity contribution in [2.24, 2.45) is 0 Å². The van der Waals surface area contributed by atoms with Crippen LogP contribution in [-0.4, -0.2) is 4.98 Å². The molecule has 0 saturated carbocycles. The quantitative estimate of drug-likeness (QED) is 0.465. The molecule has 0 saturated heterocycles. The first-order valence-corrected chi connectivity index (χ1v) is 8.98. The zero-order valence-electron chi connectivity index (χ0n) is 14.8. The topological polar surface area (TPSA) is 31.4 Å². The molecule has 1 aromatic heterocycles. The summed E-state index contributed by atoms with van der Waals surface area (Å²) in [6.45, 7) is 6.42. The molecular weight excluding hydrogens is 397 g/mol. The first-order chi connectivity index (χ1) is 12.3. The summed E-state index contributed by atoms with van der Waals surface area (Å²) in [5.41, 5.74) is 1.18. The van der Waals surface area contributed by atoms with E-state index in [0.717, 1.165) is 5.56 Å². The molecule has 0 spiro atoms. The summed E-state index contributed by atoms with van der Waals surface area (Å²) in [6, 6.07) is 15.7. The second-order valence-corrected chi connectivity index (χ2v) is 7.65. The van der Waals surface area contributed by atoms with Crippen molar-refractivity contribution in [3.63, 3.8) is 0 Å². The van der Waals surface area contributed by atoms with Gasteiger partial charge in [-0.15, -0.1) is 0 Å². The van der Waals surface area contributed by atoms with Gasteiger partial charge in [-0.25, -0.2) is 9.37 Å². The third kappa shape index (κ3) is 4.41. The second kappa shape index (κ2) is 7.46. The van der Waals surface area contributed by atoms with E-state index in [1.54, 1.807) is 42.6 Å². The fraction of sp³-hybridized carbons (Fsp3) is 0.190. The average molecular weight is 416 g/mol. The van der Waals surface area contributed by atoms with Gasteiger partial charge in [-0.2, -0.15) is 0 Å². The van der Waals surface area contributed by atoms with Crippen LogP contribution in [0.25, 0.3) is 0 Å². The number of aromatic nitrogens is 1. The van der Waals surface area contributed by atoms with Crippen molar-refractivity contribution in [3.05, 3.63) is 76.6 Å². The van der Waals surface area contributed by atoms with E-state index in [0.29, 0.717) is 27.6 Å². The first kappa shape index (κ1) is 18.4. The average Bonchev–Trinajstić information content (AvgIpc) is 2.60. The van der Waals surface area contributed by atoms with Gasteiger partial charge in [0.2, 0.25) is 5.88 Å². The SMILES string of the molecule is CC(C)(C)c1ccnc(Oc2ccc(Oc3cccc(F)c3Br)cc2)c1. The molecule has 0 aliphatic heterocycles. The zero-order chi connectivity index (χ0) is 18.7. The molecule has 0 amide bonds. The van der Waals surface area contributed by atoms with Crippen LogP contribution in [0.5, 0.6) is 23.1 Å². The molecule has 0 bridgehead atoms. The second-order valence-electron chi connectivity index (χ2n) is 6.86. The number of nitrogens with zero attached hydrogens (tertiary/aromatic N) is 1. The first-order valence-electron chi connectivity index (χ1n) is 8.19. The number of benzene rings is 2. The van der Waals surface area contributed by atoms with Crippen molar-refractivity contribution < 1.29 is 13.9 Å². The molecule has 0 aliphatic carbocycles. The lowest BCUT2D eigenvalue weighted by Crippen LogP contribution is -2.11. The van der Waals surface area contributed by atoms with E-state index >= 15 is 0 Å². The maximum atomic E-state index is 13.6. The molecule has 3 nitrogen and oxygen atoms in total. The van der Waals surface area contributed by atoms with E-state index in [9.17, 15) is 4.39 Å². The van der Waals surface area contributed by atoms with Crippen molar-refractivity contribution in [2.75, 3.05) is 0 Å². The Kier molecular flexibility index (Phi) is 5.28. The lowest BCUT2D eigenvalue weighted by molar-refractivity contribution is 0.451. The molecule has 2 aromatic carbocycles. The van der Waals surface area contributed by atoms with Gasteiger partial charge < -0.3 is 9.47 Å². The summed E-state index contributed by atoms with van der Waals surface area (Å²) in [6.07, 6.45) is 1.74. The van der Waals surface area contributed by atoms with Gasteiger partial charge in [0.25, 0.3) is 0 Å². The number of pyridine rings is 1. The standard InChI is InChI=1S/C21H19BrFNO2/c1-21(2,3)14-11-12-24-19(13-14)26-16-9-7-15(8-10-16)25-18-6-4-5-17(23)20(18)22/h4-13H,1-3H3. The van der Waals surface area contributed by atoms with E-state index in [1.807, 2.05) is 12.1 Å². The number of halogens is 2. The summed E-state index contributed by atoms with van der Waals surface area (Å²) in [5, 5.41) is 0. The molecule has 3 rings (SSSR count). The van der Waals surface area contributed by atoms with Crippen LogP contribution in [0.15, 0.2) is 65.3 Å². The summed E-state index contributed by atoms with van der Waals surface area (Å²) in [4.78, 5) is 4.26. The Hall–Kier alpha value is -2.40. The van der Waals surface area contributed by atoms with E-state index in [4.69, 9.17) is 9.47 Å². The molecule has 0 aliphatic rings.